The largest absolute Gasteiger partial charge is 0.388 e. The number of aryl methyl sites for hydroxylation is 1. The van der Waals surface area contributed by atoms with Gasteiger partial charge in [0.1, 0.15) is 0 Å². The number of nitrogens with zero attached hydrogens (tertiary/aromatic N) is 1. The molecule has 0 bridgehead atoms. The molecule has 5 nitrogen and oxygen atoms in total. The number of hydrogen-bond acceptors (Lipinski definition) is 4. The van der Waals surface area contributed by atoms with Gasteiger partial charge in [-0.25, -0.2) is 0 Å². The van der Waals surface area contributed by atoms with Crippen LogP contribution in [0.1, 0.15) is 30.1 Å². The van der Waals surface area contributed by atoms with Crippen LogP contribution in [0.2, 0.25) is 0 Å². The Balaban J connectivity index is 2.89. The highest BCUT2D eigenvalue weighted by Gasteiger charge is 2.14. The normalized spacial score (nSPS) is 12.4. The molecule has 0 amide bonds. The van der Waals surface area contributed by atoms with Crippen LogP contribution in [-0.4, -0.2) is 16.6 Å². The third-order valence-electron chi connectivity index (χ3n) is 2.50. The third kappa shape index (κ3) is 3.01. The SMILES string of the molecule is Cc1ccc(C(O)CCCN)cc1[N+](=O)[O-]. The highest BCUT2D eigenvalue weighted by atomic mass is 16.6. The van der Waals surface area contributed by atoms with E-state index < -0.39 is 11.0 Å². The quantitative estimate of drug-likeness (QED) is 0.588. The molecule has 1 aromatic carbocycles. The van der Waals surface area contributed by atoms with E-state index in [1.165, 1.54) is 6.07 Å². The zero-order valence-electron chi connectivity index (χ0n) is 9.22. The summed E-state index contributed by atoms with van der Waals surface area (Å²) in [4.78, 5) is 10.3. The van der Waals surface area contributed by atoms with E-state index in [4.69, 9.17) is 5.73 Å². The Kier molecular flexibility index (Phi) is 4.39. The number of nitro benzene ring substituents is 1. The Bertz CT molecular complexity index is 379. The molecule has 0 spiro atoms. The Labute approximate surface area is 94.0 Å². The first-order valence-corrected chi connectivity index (χ1v) is 5.19. The van der Waals surface area contributed by atoms with Gasteiger partial charge in [-0.2, -0.15) is 0 Å². The summed E-state index contributed by atoms with van der Waals surface area (Å²) in [5, 5.41) is 20.5. The molecule has 3 N–H and O–H groups in total. The van der Waals surface area contributed by atoms with Gasteiger partial charge in [-0.15, -0.1) is 0 Å². The Morgan fingerprint density at radius 3 is 2.81 bits per heavy atom. The second-order valence-electron chi connectivity index (χ2n) is 3.75. The maximum absolute atomic E-state index is 10.7. The molecule has 1 unspecified atom stereocenters. The monoisotopic (exact) mass is 224 g/mol. The smallest absolute Gasteiger partial charge is 0.272 e. The van der Waals surface area contributed by atoms with E-state index in [9.17, 15) is 15.2 Å². The molecule has 0 aliphatic heterocycles. The number of nitrogens with two attached hydrogens (primary N) is 1. The molecule has 0 aliphatic carbocycles. The van der Waals surface area contributed by atoms with Crippen LogP contribution in [0.5, 0.6) is 0 Å². The summed E-state index contributed by atoms with van der Waals surface area (Å²) in [5.74, 6) is 0. The maximum atomic E-state index is 10.7. The molecule has 16 heavy (non-hydrogen) atoms. The molecular weight excluding hydrogens is 208 g/mol. The predicted molar refractivity (Wildman–Crippen MR) is 61.1 cm³/mol. The fraction of sp³-hybridized carbons (Fsp3) is 0.455. The number of hydrogen-bond donors (Lipinski definition) is 2. The summed E-state index contributed by atoms with van der Waals surface area (Å²) >= 11 is 0. The van der Waals surface area contributed by atoms with Crippen LogP contribution >= 0.6 is 0 Å². The number of rotatable bonds is 5. The Morgan fingerprint density at radius 2 is 2.25 bits per heavy atom. The lowest BCUT2D eigenvalue weighted by atomic mass is 10.0. The van der Waals surface area contributed by atoms with Gasteiger partial charge in [0.15, 0.2) is 0 Å². The van der Waals surface area contributed by atoms with Crippen molar-refractivity contribution in [3.05, 3.63) is 39.4 Å². The van der Waals surface area contributed by atoms with Crippen LogP contribution in [0.4, 0.5) is 5.69 Å². The van der Waals surface area contributed by atoms with E-state index in [2.05, 4.69) is 0 Å². The van der Waals surface area contributed by atoms with E-state index in [0.29, 0.717) is 30.5 Å². The predicted octanol–water partition coefficient (Wildman–Crippen LogP) is 1.68. The summed E-state index contributed by atoms with van der Waals surface area (Å²) in [6, 6.07) is 4.79. The van der Waals surface area contributed by atoms with E-state index in [-0.39, 0.29) is 5.69 Å². The average molecular weight is 224 g/mol. The Hall–Kier alpha value is -1.46. The van der Waals surface area contributed by atoms with Crippen LogP contribution in [0, 0.1) is 17.0 Å². The molecule has 1 rings (SSSR count). The van der Waals surface area contributed by atoms with E-state index in [0.717, 1.165) is 0 Å². The first-order chi connectivity index (χ1) is 7.56. The Morgan fingerprint density at radius 1 is 1.56 bits per heavy atom. The zero-order chi connectivity index (χ0) is 12.1. The van der Waals surface area contributed by atoms with E-state index in [1.54, 1.807) is 19.1 Å². The number of benzene rings is 1. The highest BCUT2D eigenvalue weighted by Crippen LogP contribution is 2.25. The van der Waals surface area contributed by atoms with Crippen molar-refractivity contribution in [3.8, 4) is 0 Å². The van der Waals surface area contributed by atoms with Gasteiger partial charge in [-0.3, -0.25) is 10.1 Å². The first-order valence-electron chi connectivity index (χ1n) is 5.19. The topological polar surface area (TPSA) is 89.4 Å². The third-order valence-corrected chi connectivity index (χ3v) is 2.50. The van der Waals surface area contributed by atoms with Crippen molar-refractivity contribution in [3.63, 3.8) is 0 Å². The van der Waals surface area contributed by atoms with Crippen LogP contribution in [0.3, 0.4) is 0 Å². The zero-order valence-corrected chi connectivity index (χ0v) is 9.22. The van der Waals surface area contributed by atoms with Crippen LogP contribution in [0.25, 0.3) is 0 Å². The van der Waals surface area contributed by atoms with Gasteiger partial charge in [-0.1, -0.05) is 12.1 Å². The molecule has 0 heterocycles. The minimum Gasteiger partial charge on any atom is -0.388 e. The maximum Gasteiger partial charge on any atom is 0.272 e. The van der Waals surface area contributed by atoms with Gasteiger partial charge in [0, 0.05) is 11.6 Å². The van der Waals surface area contributed by atoms with Crippen molar-refractivity contribution in [2.24, 2.45) is 5.73 Å². The lowest BCUT2D eigenvalue weighted by Gasteiger charge is -2.10. The van der Waals surface area contributed by atoms with Crippen LogP contribution < -0.4 is 5.73 Å². The lowest BCUT2D eigenvalue weighted by Crippen LogP contribution is -2.04. The van der Waals surface area contributed by atoms with Gasteiger partial charge >= 0.3 is 0 Å². The van der Waals surface area contributed by atoms with E-state index >= 15 is 0 Å². The number of nitro groups is 1. The summed E-state index contributed by atoms with van der Waals surface area (Å²) in [5.41, 5.74) is 6.56. The summed E-state index contributed by atoms with van der Waals surface area (Å²) in [7, 11) is 0. The molecule has 1 atom stereocenters. The van der Waals surface area contributed by atoms with Crippen LogP contribution in [-0.2, 0) is 0 Å². The van der Waals surface area contributed by atoms with Gasteiger partial charge in [-0.05, 0) is 31.9 Å². The molecule has 0 radical (unpaired) electrons. The summed E-state index contributed by atoms with van der Waals surface area (Å²) < 4.78 is 0. The molecule has 0 aromatic heterocycles. The van der Waals surface area contributed by atoms with Crippen molar-refractivity contribution in [2.75, 3.05) is 6.54 Å². The van der Waals surface area contributed by atoms with Gasteiger partial charge < -0.3 is 10.8 Å². The van der Waals surface area contributed by atoms with Gasteiger partial charge in [0.05, 0.1) is 11.0 Å². The van der Waals surface area contributed by atoms with Gasteiger partial charge in [0.25, 0.3) is 5.69 Å². The fourth-order valence-corrected chi connectivity index (χ4v) is 1.51. The number of aliphatic hydroxyl groups excluding tert-OH is 1. The van der Waals surface area contributed by atoms with Crippen molar-refractivity contribution >= 4 is 5.69 Å². The summed E-state index contributed by atoms with van der Waals surface area (Å²) in [6.45, 7) is 2.18. The van der Waals surface area contributed by atoms with Crippen molar-refractivity contribution in [1.29, 1.82) is 0 Å². The number of aliphatic hydroxyl groups is 1. The highest BCUT2D eigenvalue weighted by molar-refractivity contribution is 5.43. The molecule has 0 fully saturated rings. The standard InChI is InChI=1S/C11H16N2O3/c1-8-4-5-9(7-10(8)13(15)16)11(14)3-2-6-12/h4-5,7,11,14H,2-3,6,12H2,1H3. The van der Waals surface area contributed by atoms with Crippen molar-refractivity contribution < 1.29 is 10.0 Å². The minimum absolute atomic E-state index is 0.0456. The fourth-order valence-electron chi connectivity index (χ4n) is 1.51. The minimum atomic E-state index is -0.678. The van der Waals surface area contributed by atoms with Crippen molar-refractivity contribution in [2.45, 2.75) is 25.9 Å². The second-order valence-corrected chi connectivity index (χ2v) is 3.75. The van der Waals surface area contributed by atoms with Crippen LogP contribution in [0.15, 0.2) is 18.2 Å². The molecule has 5 heteroatoms. The molecule has 0 saturated carbocycles. The molecule has 0 saturated heterocycles. The van der Waals surface area contributed by atoms with Gasteiger partial charge in [0.2, 0.25) is 0 Å². The van der Waals surface area contributed by atoms with Crippen molar-refractivity contribution in [1.82, 2.24) is 0 Å². The lowest BCUT2D eigenvalue weighted by molar-refractivity contribution is -0.385. The molecule has 88 valence electrons. The van der Waals surface area contributed by atoms with E-state index in [1.807, 2.05) is 0 Å². The average Bonchev–Trinajstić information content (AvgIpc) is 2.26. The molecular formula is C11H16N2O3. The molecule has 1 aromatic rings. The summed E-state index contributed by atoms with van der Waals surface area (Å²) in [6.07, 6.45) is 0.544. The first kappa shape index (κ1) is 12.6. The second kappa shape index (κ2) is 5.58. The molecule has 0 aliphatic rings.